The second kappa shape index (κ2) is 7.30. The summed E-state index contributed by atoms with van der Waals surface area (Å²) in [6.07, 6.45) is 2.10. The van der Waals surface area contributed by atoms with Crippen molar-refractivity contribution in [2.75, 3.05) is 26.7 Å². The van der Waals surface area contributed by atoms with Gasteiger partial charge in [0.2, 0.25) is 0 Å². The molecule has 4 heteroatoms. The number of nitrogens with zero attached hydrogens (tertiary/aromatic N) is 1. The van der Waals surface area contributed by atoms with Crippen LogP contribution >= 0.6 is 0 Å². The van der Waals surface area contributed by atoms with E-state index in [0.29, 0.717) is 23.3 Å². The summed E-state index contributed by atoms with van der Waals surface area (Å²) in [5.41, 5.74) is 0.298. The maximum atomic E-state index is 11.8. The molecule has 1 heterocycles. The molecule has 1 saturated heterocycles. The molecule has 0 saturated carbocycles. The van der Waals surface area contributed by atoms with Crippen LogP contribution in [0.2, 0.25) is 0 Å². The summed E-state index contributed by atoms with van der Waals surface area (Å²) < 4.78 is 4.90. The highest BCUT2D eigenvalue weighted by molar-refractivity contribution is 5.67. The zero-order chi connectivity index (χ0) is 15.3. The summed E-state index contributed by atoms with van der Waals surface area (Å²) in [6, 6.07) is 0.387. The lowest BCUT2D eigenvalue weighted by atomic mass is 9.80. The topological polar surface area (TPSA) is 41.6 Å². The van der Waals surface area contributed by atoms with Gasteiger partial charge in [-0.2, -0.15) is 0 Å². The van der Waals surface area contributed by atoms with Crippen LogP contribution in [0.4, 0.5) is 4.79 Å². The van der Waals surface area contributed by atoms with Gasteiger partial charge in [0.25, 0.3) is 0 Å². The van der Waals surface area contributed by atoms with Crippen LogP contribution in [0.5, 0.6) is 0 Å². The molecule has 1 amide bonds. The molecule has 2 unspecified atom stereocenters. The Morgan fingerprint density at radius 1 is 1.35 bits per heavy atom. The molecule has 0 aromatic rings. The van der Waals surface area contributed by atoms with Crippen molar-refractivity contribution in [1.29, 1.82) is 0 Å². The molecule has 1 fully saturated rings. The first-order chi connectivity index (χ1) is 9.21. The first kappa shape index (κ1) is 17.3. The molecule has 1 rings (SSSR count). The Hall–Kier alpha value is -0.770. The Bertz CT molecular complexity index is 310. The number of hydrogen-bond acceptors (Lipinski definition) is 3. The van der Waals surface area contributed by atoms with E-state index in [4.69, 9.17) is 4.74 Å². The highest BCUT2D eigenvalue weighted by Crippen LogP contribution is 2.30. The van der Waals surface area contributed by atoms with Crippen molar-refractivity contribution in [2.24, 2.45) is 17.3 Å². The number of carbonyl (C=O) groups excluding carboxylic acids is 1. The van der Waals surface area contributed by atoms with Crippen molar-refractivity contribution in [2.45, 2.75) is 53.5 Å². The van der Waals surface area contributed by atoms with Gasteiger partial charge >= 0.3 is 6.09 Å². The predicted molar refractivity (Wildman–Crippen MR) is 82.8 cm³/mol. The summed E-state index contributed by atoms with van der Waals surface area (Å²) in [5.74, 6) is 1.18. The van der Waals surface area contributed by atoms with E-state index in [1.165, 1.54) is 7.11 Å². The lowest BCUT2D eigenvalue weighted by Gasteiger charge is -2.39. The van der Waals surface area contributed by atoms with Crippen LogP contribution in [0.25, 0.3) is 0 Å². The van der Waals surface area contributed by atoms with Gasteiger partial charge in [0.1, 0.15) is 0 Å². The number of amides is 1. The van der Waals surface area contributed by atoms with Gasteiger partial charge in [0.05, 0.1) is 7.11 Å². The van der Waals surface area contributed by atoms with Gasteiger partial charge in [-0.1, -0.05) is 34.6 Å². The third-order valence-corrected chi connectivity index (χ3v) is 3.69. The average molecular weight is 284 g/mol. The van der Waals surface area contributed by atoms with Crippen molar-refractivity contribution in [1.82, 2.24) is 10.2 Å². The van der Waals surface area contributed by atoms with E-state index in [-0.39, 0.29) is 6.09 Å². The minimum atomic E-state index is -0.194. The number of hydrogen-bond donors (Lipinski definition) is 1. The number of rotatable bonds is 4. The van der Waals surface area contributed by atoms with Crippen LogP contribution in [0.1, 0.15) is 47.5 Å². The molecule has 0 spiro atoms. The molecule has 118 valence electrons. The Labute approximate surface area is 124 Å². The minimum absolute atomic E-state index is 0.194. The van der Waals surface area contributed by atoms with Crippen molar-refractivity contribution in [3.05, 3.63) is 0 Å². The van der Waals surface area contributed by atoms with E-state index in [0.717, 1.165) is 32.5 Å². The molecule has 4 nitrogen and oxygen atoms in total. The van der Waals surface area contributed by atoms with Gasteiger partial charge in [-0.05, 0) is 36.6 Å². The number of carbonyl (C=O) groups is 1. The van der Waals surface area contributed by atoms with Crippen LogP contribution in [0.3, 0.4) is 0 Å². The van der Waals surface area contributed by atoms with E-state index >= 15 is 0 Å². The molecule has 0 aromatic carbocycles. The number of nitrogens with one attached hydrogen (secondary N) is 1. The molecule has 1 N–H and O–H groups in total. The highest BCUT2D eigenvalue weighted by Gasteiger charge is 2.32. The average Bonchev–Trinajstić information content (AvgIpc) is 2.33. The fraction of sp³-hybridized carbons (Fsp3) is 0.938. The Morgan fingerprint density at radius 3 is 2.50 bits per heavy atom. The summed E-state index contributed by atoms with van der Waals surface area (Å²) in [5, 5.41) is 3.60. The number of likely N-dealkylation sites (tertiary alicyclic amines) is 1. The van der Waals surface area contributed by atoms with E-state index in [9.17, 15) is 4.79 Å². The summed E-state index contributed by atoms with van der Waals surface area (Å²) >= 11 is 0. The third kappa shape index (κ3) is 6.12. The van der Waals surface area contributed by atoms with E-state index in [2.05, 4.69) is 39.9 Å². The molecule has 1 aliphatic rings. The van der Waals surface area contributed by atoms with Crippen LogP contribution < -0.4 is 5.32 Å². The second-order valence-corrected chi connectivity index (χ2v) is 7.74. The molecule has 0 aliphatic carbocycles. The van der Waals surface area contributed by atoms with Gasteiger partial charge in [0, 0.05) is 19.1 Å². The summed E-state index contributed by atoms with van der Waals surface area (Å²) in [4.78, 5) is 13.7. The number of piperidine rings is 1. The zero-order valence-electron chi connectivity index (χ0n) is 14.0. The van der Waals surface area contributed by atoms with Gasteiger partial charge < -0.3 is 15.0 Å². The molecule has 20 heavy (non-hydrogen) atoms. The Balaban J connectivity index is 2.64. The first-order valence-electron chi connectivity index (χ1n) is 7.77. The SMILES string of the molecule is COC(=O)N1CC(CC(C)(C)C)CC(NCC(C)C)C1. The molecular formula is C16H32N2O2. The highest BCUT2D eigenvalue weighted by atomic mass is 16.5. The smallest absolute Gasteiger partial charge is 0.409 e. The zero-order valence-corrected chi connectivity index (χ0v) is 14.0. The quantitative estimate of drug-likeness (QED) is 0.862. The van der Waals surface area contributed by atoms with Crippen LogP contribution in [-0.4, -0.2) is 43.8 Å². The first-order valence-corrected chi connectivity index (χ1v) is 7.77. The maximum Gasteiger partial charge on any atom is 0.409 e. The molecule has 1 aliphatic heterocycles. The van der Waals surface area contributed by atoms with E-state index in [1.807, 2.05) is 4.90 Å². The van der Waals surface area contributed by atoms with Gasteiger partial charge in [0.15, 0.2) is 0 Å². The summed E-state index contributed by atoms with van der Waals surface area (Å²) in [6.45, 7) is 13.8. The lowest BCUT2D eigenvalue weighted by Crippen LogP contribution is -2.52. The van der Waals surface area contributed by atoms with Crippen LogP contribution in [0, 0.1) is 17.3 Å². The number of ether oxygens (including phenoxy) is 1. The molecule has 0 aromatic heterocycles. The van der Waals surface area contributed by atoms with Crippen molar-refractivity contribution in [3.63, 3.8) is 0 Å². The molecular weight excluding hydrogens is 252 g/mol. The van der Waals surface area contributed by atoms with E-state index < -0.39 is 0 Å². The molecule has 2 atom stereocenters. The molecule has 0 bridgehead atoms. The van der Waals surface area contributed by atoms with Gasteiger partial charge in [-0.25, -0.2) is 4.79 Å². The van der Waals surface area contributed by atoms with Crippen LogP contribution in [0.15, 0.2) is 0 Å². The predicted octanol–water partition coefficient (Wildman–Crippen LogP) is 3.13. The van der Waals surface area contributed by atoms with Crippen LogP contribution in [-0.2, 0) is 4.74 Å². The lowest BCUT2D eigenvalue weighted by molar-refractivity contribution is 0.0803. The second-order valence-electron chi connectivity index (χ2n) is 7.74. The monoisotopic (exact) mass is 284 g/mol. The van der Waals surface area contributed by atoms with Crippen molar-refractivity contribution < 1.29 is 9.53 Å². The number of methoxy groups -OCH3 is 1. The van der Waals surface area contributed by atoms with Crippen molar-refractivity contribution in [3.8, 4) is 0 Å². The van der Waals surface area contributed by atoms with Crippen molar-refractivity contribution >= 4 is 6.09 Å². The molecule has 0 radical (unpaired) electrons. The maximum absolute atomic E-state index is 11.8. The Morgan fingerprint density at radius 2 is 2.00 bits per heavy atom. The minimum Gasteiger partial charge on any atom is -0.453 e. The fourth-order valence-electron chi connectivity index (χ4n) is 3.05. The van der Waals surface area contributed by atoms with Gasteiger partial charge in [-0.3, -0.25) is 0 Å². The van der Waals surface area contributed by atoms with E-state index in [1.54, 1.807) is 0 Å². The third-order valence-electron chi connectivity index (χ3n) is 3.69. The standard InChI is InChI=1S/C16H32N2O2/c1-12(2)9-17-14-7-13(8-16(3,4)5)10-18(11-14)15(19)20-6/h12-14,17H,7-11H2,1-6H3. The summed E-state index contributed by atoms with van der Waals surface area (Å²) in [7, 11) is 1.46. The van der Waals surface area contributed by atoms with Gasteiger partial charge in [-0.15, -0.1) is 0 Å². The largest absolute Gasteiger partial charge is 0.453 e. The Kier molecular flexibility index (Phi) is 6.31. The fourth-order valence-corrected chi connectivity index (χ4v) is 3.05. The normalized spacial score (nSPS) is 24.1.